The zero-order chi connectivity index (χ0) is 27.5. The van der Waals surface area contributed by atoms with Crippen molar-refractivity contribution in [1.82, 2.24) is 35.4 Å². The maximum Gasteiger partial charge on any atom is 0.352 e. The molecule has 15 heteroatoms. The Hall–Kier alpha value is -4.24. The van der Waals surface area contributed by atoms with Crippen molar-refractivity contribution in [3.05, 3.63) is 77.3 Å². The molecular weight excluding hydrogens is 546 g/mol. The number of esters is 1. The molecule has 2 aliphatic heterocycles. The number of nitrogens with one attached hydrogen (secondary N) is 1. The molecule has 0 bridgehead atoms. The molecule has 2 unspecified atom stereocenters. The van der Waals surface area contributed by atoms with Gasteiger partial charge in [0.2, 0.25) is 11.3 Å². The maximum absolute atomic E-state index is 13.3. The van der Waals surface area contributed by atoms with Gasteiger partial charge in [0.25, 0.3) is 11.8 Å². The average molecular weight is 568 g/mol. The van der Waals surface area contributed by atoms with Gasteiger partial charge in [-0.1, -0.05) is 42.1 Å². The van der Waals surface area contributed by atoms with Crippen molar-refractivity contribution in [2.45, 2.75) is 22.7 Å². The number of aromatic nitrogens is 5. The first kappa shape index (κ1) is 26.4. The standard InChI is InChI=1S/C24H21N7O6S2/c1-30-24(27-28-29-30)39-12-15-11-38-21-16(20(33)31(21)17(15)22(34)35)26-19(32)18(13-5-3-2-4-6-13)37-23(36)14-7-9-25-10-8-14/h2-10,16,18,21H,11-12H2,1H3,(H,26,32)(H,34,35)/t16?,18?,21-/m1/s1. The van der Waals surface area contributed by atoms with Crippen LogP contribution in [0.1, 0.15) is 22.0 Å². The fraction of sp³-hybridized carbons (Fsp3) is 0.250. The van der Waals surface area contributed by atoms with E-state index < -0.39 is 41.3 Å². The van der Waals surface area contributed by atoms with Gasteiger partial charge in [-0.05, 0) is 28.1 Å². The number of hydrogen-bond donors (Lipinski definition) is 2. The summed E-state index contributed by atoms with van der Waals surface area (Å²) in [5.41, 5.74) is 1.07. The van der Waals surface area contributed by atoms with E-state index in [4.69, 9.17) is 4.74 Å². The van der Waals surface area contributed by atoms with E-state index in [9.17, 15) is 24.3 Å². The smallest absolute Gasteiger partial charge is 0.352 e. The monoisotopic (exact) mass is 567 g/mol. The van der Waals surface area contributed by atoms with E-state index in [-0.39, 0.29) is 17.0 Å². The van der Waals surface area contributed by atoms with Gasteiger partial charge in [-0.2, -0.15) is 0 Å². The highest BCUT2D eigenvalue weighted by atomic mass is 32.2. The number of carbonyl (C=O) groups is 4. The van der Waals surface area contributed by atoms with Crippen LogP contribution in [0, 0.1) is 0 Å². The second kappa shape index (κ2) is 11.2. The van der Waals surface area contributed by atoms with Crippen molar-refractivity contribution >= 4 is 47.3 Å². The Bertz CT molecular complexity index is 1450. The van der Waals surface area contributed by atoms with Crippen LogP contribution in [0.15, 0.2) is 71.3 Å². The van der Waals surface area contributed by atoms with Gasteiger partial charge in [0.1, 0.15) is 17.1 Å². The molecule has 0 radical (unpaired) electrons. The molecule has 13 nitrogen and oxygen atoms in total. The number of thioether (sulfide) groups is 2. The molecule has 3 atom stereocenters. The number of rotatable bonds is 9. The van der Waals surface area contributed by atoms with Crippen LogP contribution in [0.3, 0.4) is 0 Å². The Morgan fingerprint density at radius 2 is 1.95 bits per heavy atom. The molecule has 1 aromatic carbocycles. The predicted octanol–water partition coefficient (Wildman–Crippen LogP) is 1.03. The number of nitrogens with zero attached hydrogens (tertiary/aromatic N) is 6. The SMILES string of the molecule is Cn1nnnc1SCC1=C(C(=O)O)N2C(=O)C(NC(=O)C(OC(=O)c3ccncc3)c3ccccc3)[C@H]2SC1. The van der Waals surface area contributed by atoms with Crippen LogP contribution in [-0.4, -0.2) is 81.9 Å². The number of tetrazole rings is 1. The summed E-state index contributed by atoms with van der Waals surface area (Å²) in [5, 5.41) is 23.7. The number of pyridine rings is 1. The minimum atomic E-state index is -1.33. The van der Waals surface area contributed by atoms with Gasteiger partial charge >= 0.3 is 11.9 Å². The van der Waals surface area contributed by atoms with Gasteiger partial charge in [0, 0.05) is 36.5 Å². The molecule has 1 saturated heterocycles. The molecule has 0 spiro atoms. The van der Waals surface area contributed by atoms with Crippen molar-refractivity contribution in [2.75, 3.05) is 11.5 Å². The number of carboxylic acid groups (broad SMARTS) is 1. The van der Waals surface area contributed by atoms with Crippen LogP contribution in [0.5, 0.6) is 0 Å². The lowest BCUT2D eigenvalue weighted by Gasteiger charge is -2.49. The Balaban J connectivity index is 1.32. The molecule has 0 saturated carbocycles. The van der Waals surface area contributed by atoms with Crippen LogP contribution >= 0.6 is 23.5 Å². The van der Waals surface area contributed by atoms with E-state index >= 15 is 0 Å². The quantitative estimate of drug-likeness (QED) is 0.214. The van der Waals surface area contributed by atoms with Crippen LogP contribution < -0.4 is 5.32 Å². The Morgan fingerprint density at radius 1 is 1.21 bits per heavy atom. The number of carboxylic acids is 1. The van der Waals surface area contributed by atoms with Crippen LogP contribution in [0.4, 0.5) is 0 Å². The highest BCUT2D eigenvalue weighted by molar-refractivity contribution is 8.01. The number of carbonyl (C=O) groups excluding carboxylic acids is 3. The van der Waals surface area contributed by atoms with E-state index in [0.29, 0.717) is 22.0 Å². The van der Waals surface area contributed by atoms with Crippen molar-refractivity contribution in [2.24, 2.45) is 7.05 Å². The first-order valence-electron chi connectivity index (χ1n) is 11.6. The molecule has 2 aromatic heterocycles. The number of hydrogen-bond acceptors (Lipinski definition) is 11. The molecule has 0 aliphatic carbocycles. The van der Waals surface area contributed by atoms with Gasteiger partial charge in [-0.25, -0.2) is 14.3 Å². The molecule has 2 aliphatic rings. The minimum absolute atomic E-state index is 0.111. The molecule has 4 heterocycles. The number of amides is 2. The van der Waals surface area contributed by atoms with E-state index in [1.54, 1.807) is 37.4 Å². The second-order valence-corrected chi connectivity index (χ2v) is 10.5. The fourth-order valence-corrected chi connectivity index (χ4v) is 6.42. The highest BCUT2D eigenvalue weighted by Crippen LogP contribution is 2.41. The van der Waals surface area contributed by atoms with Gasteiger partial charge in [0.05, 0.1) is 5.56 Å². The largest absolute Gasteiger partial charge is 0.477 e. The van der Waals surface area contributed by atoms with Gasteiger partial charge in [-0.3, -0.25) is 19.5 Å². The Labute approximate surface area is 230 Å². The third-order valence-electron chi connectivity index (χ3n) is 5.99. The average Bonchev–Trinajstić information content (AvgIpc) is 3.37. The van der Waals surface area contributed by atoms with Crippen LogP contribution in [0.25, 0.3) is 0 Å². The fourth-order valence-electron chi connectivity index (χ4n) is 4.08. The van der Waals surface area contributed by atoms with E-state index in [1.165, 1.54) is 57.6 Å². The molecule has 2 N–H and O–H groups in total. The summed E-state index contributed by atoms with van der Waals surface area (Å²) in [6.07, 6.45) is 1.53. The Kier molecular flexibility index (Phi) is 7.60. The predicted molar refractivity (Wildman–Crippen MR) is 138 cm³/mol. The zero-order valence-electron chi connectivity index (χ0n) is 20.3. The number of ether oxygens (including phenoxy) is 1. The third kappa shape index (κ3) is 5.35. The summed E-state index contributed by atoms with van der Waals surface area (Å²) in [7, 11) is 1.67. The Morgan fingerprint density at radius 3 is 2.62 bits per heavy atom. The number of aliphatic carboxylic acids is 1. The number of β-lactam (4-membered cyclic amide) rings is 1. The summed E-state index contributed by atoms with van der Waals surface area (Å²) in [4.78, 5) is 56.4. The van der Waals surface area contributed by atoms with Crippen molar-refractivity contribution < 1.29 is 29.0 Å². The third-order valence-corrected chi connectivity index (χ3v) is 8.42. The normalized spacial score (nSPS) is 19.1. The number of aryl methyl sites for hydroxylation is 1. The summed E-state index contributed by atoms with van der Waals surface area (Å²) in [5.74, 6) is -2.62. The van der Waals surface area contributed by atoms with Gasteiger partial charge in [0.15, 0.2) is 0 Å². The molecule has 1 fully saturated rings. The lowest BCUT2D eigenvalue weighted by molar-refractivity contribution is -0.151. The van der Waals surface area contributed by atoms with Gasteiger partial charge < -0.3 is 15.2 Å². The summed E-state index contributed by atoms with van der Waals surface area (Å²) in [6.45, 7) is 0. The van der Waals surface area contributed by atoms with Crippen molar-refractivity contribution in [3.63, 3.8) is 0 Å². The summed E-state index contributed by atoms with van der Waals surface area (Å²) < 4.78 is 7.01. The van der Waals surface area contributed by atoms with E-state index in [2.05, 4.69) is 25.8 Å². The molecule has 5 rings (SSSR count). The molecule has 2 amide bonds. The lowest BCUT2D eigenvalue weighted by Crippen LogP contribution is -2.71. The van der Waals surface area contributed by atoms with E-state index in [1.807, 2.05) is 0 Å². The second-order valence-electron chi connectivity index (χ2n) is 8.46. The van der Waals surface area contributed by atoms with Gasteiger partial charge in [-0.15, -0.1) is 16.9 Å². The summed E-state index contributed by atoms with van der Waals surface area (Å²) in [6, 6.07) is 10.4. The van der Waals surface area contributed by atoms with Crippen molar-refractivity contribution in [1.29, 1.82) is 0 Å². The minimum Gasteiger partial charge on any atom is -0.477 e. The lowest BCUT2D eigenvalue weighted by atomic mass is 10.0. The van der Waals surface area contributed by atoms with E-state index in [0.717, 1.165) is 0 Å². The summed E-state index contributed by atoms with van der Waals surface area (Å²) >= 11 is 2.60. The highest BCUT2D eigenvalue weighted by Gasteiger charge is 2.54. The molecule has 39 heavy (non-hydrogen) atoms. The van der Waals surface area contributed by atoms with Crippen LogP contribution in [-0.2, 0) is 26.2 Å². The van der Waals surface area contributed by atoms with Crippen LogP contribution in [0.2, 0.25) is 0 Å². The first-order chi connectivity index (χ1) is 18.8. The molecule has 200 valence electrons. The first-order valence-corrected chi connectivity index (χ1v) is 13.6. The zero-order valence-corrected chi connectivity index (χ0v) is 22.0. The molecular formula is C24H21N7O6S2. The number of fused-ring (bicyclic) bond motifs is 1. The molecule has 3 aromatic rings. The van der Waals surface area contributed by atoms with Crippen molar-refractivity contribution in [3.8, 4) is 0 Å². The topological polar surface area (TPSA) is 170 Å². The maximum atomic E-state index is 13.3. The number of benzene rings is 1.